The van der Waals surface area contributed by atoms with Crippen LogP contribution in [0.1, 0.15) is 36.1 Å². The van der Waals surface area contributed by atoms with Crippen LogP contribution in [0.2, 0.25) is 0 Å². The van der Waals surface area contributed by atoms with Gasteiger partial charge in [-0.15, -0.1) is 10.2 Å². The SMILES string of the molecule is CCc1nnc(NC(=O)/C(C)=C\C(=O)Nc2ccc(C(C)=O)cc2)s1. The molecule has 2 amide bonds. The van der Waals surface area contributed by atoms with E-state index in [0.717, 1.165) is 11.4 Å². The molecule has 0 aliphatic heterocycles. The summed E-state index contributed by atoms with van der Waals surface area (Å²) in [4.78, 5) is 35.3. The molecule has 0 saturated carbocycles. The van der Waals surface area contributed by atoms with Crippen LogP contribution < -0.4 is 10.6 Å². The minimum absolute atomic E-state index is 0.0480. The van der Waals surface area contributed by atoms with Crippen LogP contribution in [0.25, 0.3) is 0 Å². The number of nitrogens with one attached hydrogen (secondary N) is 2. The quantitative estimate of drug-likeness (QED) is 0.611. The van der Waals surface area contributed by atoms with Gasteiger partial charge in [-0.05, 0) is 44.5 Å². The Morgan fingerprint density at radius 3 is 2.32 bits per heavy atom. The molecule has 0 saturated heterocycles. The van der Waals surface area contributed by atoms with E-state index in [-0.39, 0.29) is 11.4 Å². The fraction of sp³-hybridized carbons (Fsp3) is 0.235. The molecule has 130 valence electrons. The summed E-state index contributed by atoms with van der Waals surface area (Å²) in [7, 11) is 0. The van der Waals surface area contributed by atoms with Crippen molar-refractivity contribution in [3.05, 3.63) is 46.5 Å². The van der Waals surface area contributed by atoms with Gasteiger partial charge in [0.25, 0.3) is 5.91 Å². The van der Waals surface area contributed by atoms with Gasteiger partial charge >= 0.3 is 0 Å². The summed E-state index contributed by atoms with van der Waals surface area (Å²) in [6.45, 7) is 4.96. The fourth-order valence-corrected chi connectivity index (χ4v) is 2.55. The van der Waals surface area contributed by atoms with Crippen LogP contribution >= 0.6 is 11.3 Å². The molecule has 8 heteroatoms. The standard InChI is InChI=1S/C17H18N4O3S/c1-4-15-20-21-17(25-15)19-16(24)10(2)9-14(23)18-13-7-5-12(6-8-13)11(3)22/h5-9H,4H2,1-3H3,(H,18,23)(H,19,21,24)/b10-9-. The average Bonchev–Trinajstić information content (AvgIpc) is 3.02. The summed E-state index contributed by atoms with van der Waals surface area (Å²) in [5.41, 5.74) is 1.34. The second kappa shape index (κ2) is 8.29. The Balaban J connectivity index is 1.96. The van der Waals surface area contributed by atoms with Crippen molar-refractivity contribution >= 4 is 39.8 Å². The normalized spacial score (nSPS) is 11.1. The van der Waals surface area contributed by atoms with E-state index in [2.05, 4.69) is 20.8 Å². The molecule has 25 heavy (non-hydrogen) atoms. The van der Waals surface area contributed by atoms with Crippen molar-refractivity contribution in [1.29, 1.82) is 0 Å². The number of aryl methyl sites for hydroxylation is 1. The number of hydrogen-bond acceptors (Lipinski definition) is 6. The zero-order valence-electron chi connectivity index (χ0n) is 14.1. The highest BCUT2D eigenvalue weighted by Gasteiger charge is 2.11. The molecule has 0 aliphatic carbocycles. The molecule has 2 rings (SSSR count). The molecule has 2 N–H and O–H groups in total. The molecule has 7 nitrogen and oxygen atoms in total. The first-order valence-electron chi connectivity index (χ1n) is 7.63. The minimum atomic E-state index is -0.435. The third-order valence-corrected chi connectivity index (χ3v) is 4.24. The maximum Gasteiger partial charge on any atom is 0.253 e. The number of amides is 2. The number of carbonyl (C=O) groups excluding carboxylic acids is 3. The van der Waals surface area contributed by atoms with E-state index >= 15 is 0 Å². The van der Waals surface area contributed by atoms with Gasteiger partial charge in [0.15, 0.2) is 5.78 Å². The van der Waals surface area contributed by atoms with Gasteiger partial charge in [0, 0.05) is 22.9 Å². The molecule has 0 bridgehead atoms. The lowest BCUT2D eigenvalue weighted by Crippen LogP contribution is -2.16. The molecule has 1 heterocycles. The van der Waals surface area contributed by atoms with E-state index in [0.29, 0.717) is 16.4 Å². The van der Waals surface area contributed by atoms with E-state index in [4.69, 9.17) is 0 Å². The predicted molar refractivity (Wildman–Crippen MR) is 96.7 cm³/mol. The van der Waals surface area contributed by atoms with E-state index in [1.54, 1.807) is 24.3 Å². The Hall–Kier alpha value is -2.87. The number of nitrogens with zero attached hydrogens (tertiary/aromatic N) is 2. The van der Waals surface area contributed by atoms with Crippen molar-refractivity contribution in [3.8, 4) is 0 Å². The van der Waals surface area contributed by atoms with E-state index in [9.17, 15) is 14.4 Å². The molecule has 0 atom stereocenters. The highest BCUT2D eigenvalue weighted by molar-refractivity contribution is 7.15. The first-order valence-corrected chi connectivity index (χ1v) is 8.44. The number of rotatable bonds is 6. The molecule has 1 aromatic carbocycles. The first kappa shape index (κ1) is 18.5. The van der Waals surface area contributed by atoms with E-state index in [1.165, 1.54) is 31.3 Å². The van der Waals surface area contributed by atoms with Crippen LogP contribution in [0.5, 0.6) is 0 Å². The number of Topliss-reactive ketones (excluding diaryl/α,β-unsaturated/α-hetero) is 1. The highest BCUT2D eigenvalue weighted by atomic mass is 32.1. The second-order valence-corrected chi connectivity index (χ2v) is 6.32. The van der Waals surface area contributed by atoms with E-state index in [1.807, 2.05) is 6.92 Å². The first-order chi connectivity index (χ1) is 11.9. The zero-order chi connectivity index (χ0) is 18.4. The van der Waals surface area contributed by atoms with Gasteiger partial charge in [0.1, 0.15) is 5.01 Å². The lowest BCUT2D eigenvalue weighted by atomic mass is 10.1. The van der Waals surface area contributed by atoms with Crippen LogP contribution in [0.4, 0.5) is 10.8 Å². The summed E-state index contributed by atoms with van der Waals surface area (Å²) in [6.07, 6.45) is 1.95. The number of hydrogen-bond donors (Lipinski definition) is 2. The molecule has 0 radical (unpaired) electrons. The number of carbonyl (C=O) groups is 3. The summed E-state index contributed by atoms with van der Waals surface area (Å²) >= 11 is 1.29. The summed E-state index contributed by atoms with van der Waals surface area (Å²) in [5.74, 6) is -0.899. The fourth-order valence-electron chi connectivity index (χ4n) is 1.87. The molecule has 0 unspecified atom stereocenters. The number of benzene rings is 1. The van der Waals surface area contributed by atoms with Gasteiger partial charge in [0.05, 0.1) is 0 Å². The Morgan fingerprint density at radius 1 is 1.08 bits per heavy atom. The molecule has 0 aliphatic rings. The lowest BCUT2D eigenvalue weighted by molar-refractivity contribution is -0.114. The number of aromatic nitrogens is 2. The molecular weight excluding hydrogens is 340 g/mol. The molecule has 1 aromatic heterocycles. The molecular formula is C17H18N4O3S. The average molecular weight is 358 g/mol. The van der Waals surface area contributed by atoms with Crippen molar-refractivity contribution in [3.63, 3.8) is 0 Å². The summed E-state index contributed by atoms with van der Waals surface area (Å²) in [5, 5.41) is 14.2. The van der Waals surface area contributed by atoms with Gasteiger partial charge in [-0.25, -0.2) is 0 Å². The number of ketones is 1. The van der Waals surface area contributed by atoms with Crippen molar-refractivity contribution in [2.45, 2.75) is 27.2 Å². The topological polar surface area (TPSA) is 101 Å². The third kappa shape index (κ3) is 5.32. The largest absolute Gasteiger partial charge is 0.323 e. The van der Waals surface area contributed by atoms with Gasteiger partial charge in [0.2, 0.25) is 11.0 Å². The van der Waals surface area contributed by atoms with Gasteiger partial charge in [-0.3, -0.25) is 19.7 Å². The Bertz CT molecular complexity index is 825. The van der Waals surface area contributed by atoms with Crippen molar-refractivity contribution < 1.29 is 14.4 Å². The van der Waals surface area contributed by atoms with Crippen LogP contribution in [0, 0.1) is 0 Å². The molecule has 0 fully saturated rings. The monoisotopic (exact) mass is 358 g/mol. The highest BCUT2D eigenvalue weighted by Crippen LogP contribution is 2.16. The van der Waals surface area contributed by atoms with E-state index < -0.39 is 11.8 Å². The lowest BCUT2D eigenvalue weighted by Gasteiger charge is -2.04. The van der Waals surface area contributed by atoms with Gasteiger partial charge in [-0.2, -0.15) is 0 Å². The van der Waals surface area contributed by atoms with Crippen LogP contribution in [-0.4, -0.2) is 27.8 Å². The molecule has 2 aromatic rings. The maximum absolute atomic E-state index is 12.1. The van der Waals surface area contributed by atoms with Crippen molar-refractivity contribution in [2.24, 2.45) is 0 Å². The number of anilines is 2. The zero-order valence-corrected chi connectivity index (χ0v) is 14.9. The Kier molecular flexibility index (Phi) is 6.13. The van der Waals surface area contributed by atoms with Crippen molar-refractivity contribution in [2.75, 3.05) is 10.6 Å². The summed E-state index contributed by atoms with van der Waals surface area (Å²) in [6, 6.07) is 6.51. The van der Waals surface area contributed by atoms with Crippen LogP contribution in [0.15, 0.2) is 35.9 Å². The Labute approximate surface area is 149 Å². The summed E-state index contributed by atoms with van der Waals surface area (Å²) < 4.78 is 0. The minimum Gasteiger partial charge on any atom is -0.323 e. The van der Waals surface area contributed by atoms with Gasteiger partial charge < -0.3 is 5.32 Å². The van der Waals surface area contributed by atoms with Crippen molar-refractivity contribution in [1.82, 2.24) is 10.2 Å². The second-order valence-electron chi connectivity index (χ2n) is 5.26. The van der Waals surface area contributed by atoms with Crippen LogP contribution in [-0.2, 0) is 16.0 Å². The third-order valence-electron chi connectivity index (χ3n) is 3.25. The Morgan fingerprint density at radius 2 is 1.76 bits per heavy atom. The van der Waals surface area contributed by atoms with Gasteiger partial charge in [-0.1, -0.05) is 18.3 Å². The predicted octanol–water partition coefficient (Wildman–Crippen LogP) is 2.83. The smallest absolute Gasteiger partial charge is 0.253 e. The maximum atomic E-state index is 12.1. The molecule has 0 spiro atoms. The van der Waals surface area contributed by atoms with Crippen LogP contribution in [0.3, 0.4) is 0 Å².